The Kier molecular flexibility index (Phi) is 5.72. The highest BCUT2D eigenvalue weighted by Crippen LogP contribution is 2.13. The van der Waals surface area contributed by atoms with Crippen molar-refractivity contribution in [1.29, 1.82) is 0 Å². The fraction of sp³-hybridized carbons (Fsp3) is 0.571. The molecular weight excluding hydrogens is 231 g/mol. The third-order valence-electron chi connectivity index (χ3n) is 3.18. The first-order valence-corrected chi connectivity index (χ1v) is 6.21. The van der Waals surface area contributed by atoms with Gasteiger partial charge in [0.25, 0.3) is 0 Å². The molecule has 0 radical (unpaired) electrons. The van der Waals surface area contributed by atoms with E-state index in [1.165, 1.54) is 12.1 Å². The van der Waals surface area contributed by atoms with Gasteiger partial charge in [0.1, 0.15) is 5.82 Å². The molecule has 18 heavy (non-hydrogen) atoms. The Morgan fingerprint density at radius 3 is 2.50 bits per heavy atom. The number of rotatable bonds is 7. The van der Waals surface area contributed by atoms with Crippen LogP contribution in [0.5, 0.6) is 0 Å². The van der Waals surface area contributed by atoms with Crippen molar-refractivity contribution in [2.24, 2.45) is 5.73 Å². The molecule has 2 unspecified atom stereocenters. The number of methoxy groups -OCH3 is 1. The minimum atomic E-state index is -0.214. The summed E-state index contributed by atoms with van der Waals surface area (Å²) in [7, 11) is 1.69. The van der Waals surface area contributed by atoms with E-state index in [2.05, 4.69) is 12.2 Å². The van der Waals surface area contributed by atoms with Gasteiger partial charge >= 0.3 is 0 Å². The van der Waals surface area contributed by atoms with Crippen molar-refractivity contribution in [2.75, 3.05) is 20.2 Å². The van der Waals surface area contributed by atoms with Crippen LogP contribution in [-0.4, -0.2) is 31.8 Å². The van der Waals surface area contributed by atoms with Gasteiger partial charge in [-0.15, -0.1) is 0 Å². The number of hydrogen-bond acceptors (Lipinski definition) is 3. The molecule has 0 spiro atoms. The van der Waals surface area contributed by atoms with E-state index in [1.54, 1.807) is 19.2 Å². The fourth-order valence-corrected chi connectivity index (χ4v) is 1.73. The van der Waals surface area contributed by atoms with Gasteiger partial charge in [-0.2, -0.15) is 0 Å². The Morgan fingerprint density at radius 2 is 2.00 bits per heavy atom. The molecule has 102 valence electrons. The number of benzene rings is 1. The summed E-state index contributed by atoms with van der Waals surface area (Å²) in [4.78, 5) is 0. The van der Waals surface area contributed by atoms with Gasteiger partial charge in [-0.05, 0) is 38.0 Å². The smallest absolute Gasteiger partial charge is 0.123 e. The second-order valence-corrected chi connectivity index (χ2v) is 5.00. The Bertz CT molecular complexity index is 355. The normalized spacial score (nSPS) is 16.3. The molecule has 0 aliphatic heterocycles. The molecule has 3 N–H and O–H groups in total. The maximum Gasteiger partial charge on any atom is 0.123 e. The van der Waals surface area contributed by atoms with Crippen molar-refractivity contribution in [3.8, 4) is 0 Å². The average Bonchev–Trinajstić information content (AvgIpc) is 2.39. The molecule has 1 aromatic carbocycles. The van der Waals surface area contributed by atoms with Gasteiger partial charge in [0.15, 0.2) is 0 Å². The number of halogens is 1. The van der Waals surface area contributed by atoms with E-state index in [1.807, 2.05) is 6.92 Å². The van der Waals surface area contributed by atoms with Crippen LogP contribution in [0, 0.1) is 5.82 Å². The lowest BCUT2D eigenvalue weighted by atomic mass is 9.92. The molecule has 2 atom stereocenters. The van der Waals surface area contributed by atoms with Gasteiger partial charge < -0.3 is 15.8 Å². The first-order valence-electron chi connectivity index (χ1n) is 6.21. The Hall–Kier alpha value is -0.970. The molecule has 0 heterocycles. The summed E-state index contributed by atoms with van der Waals surface area (Å²) < 4.78 is 18.0. The van der Waals surface area contributed by atoms with E-state index in [0.717, 1.165) is 18.5 Å². The molecule has 0 saturated heterocycles. The van der Waals surface area contributed by atoms with Crippen LogP contribution < -0.4 is 11.1 Å². The van der Waals surface area contributed by atoms with Crippen LogP contribution in [-0.2, 0) is 11.2 Å². The largest absolute Gasteiger partial charge is 0.380 e. The SMILES string of the molecule is COC(C)CNC(C)(CN)Cc1ccc(F)cc1. The monoisotopic (exact) mass is 254 g/mol. The van der Waals surface area contributed by atoms with E-state index in [4.69, 9.17) is 10.5 Å². The quantitative estimate of drug-likeness (QED) is 0.778. The molecule has 0 aromatic heterocycles. The highest BCUT2D eigenvalue weighted by atomic mass is 19.1. The van der Waals surface area contributed by atoms with E-state index >= 15 is 0 Å². The molecular formula is C14H23FN2O. The minimum absolute atomic E-state index is 0.143. The molecule has 3 nitrogen and oxygen atoms in total. The second-order valence-electron chi connectivity index (χ2n) is 5.00. The molecule has 0 bridgehead atoms. The minimum Gasteiger partial charge on any atom is -0.380 e. The van der Waals surface area contributed by atoms with Gasteiger partial charge in [-0.3, -0.25) is 0 Å². The molecule has 1 aromatic rings. The molecule has 0 aliphatic rings. The second kappa shape index (κ2) is 6.83. The van der Waals surface area contributed by atoms with E-state index < -0.39 is 0 Å². The first-order chi connectivity index (χ1) is 8.49. The topological polar surface area (TPSA) is 47.3 Å². The maximum atomic E-state index is 12.8. The first kappa shape index (κ1) is 15.1. The lowest BCUT2D eigenvalue weighted by molar-refractivity contribution is 0.108. The Labute approximate surface area is 109 Å². The lowest BCUT2D eigenvalue weighted by Crippen LogP contribution is -2.52. The molecule has 0 saturated carbocycles. The summed E-state index contributed by atoms with van der Waals surface area (Å²) in [6.45, 7) is 5.33. The van der Waals surface area contributed by atoms with Crippen molar-refractivity contribution >= 4 is 0 Å². The number of ether oxygens (including phenoxy) is 1. The molecule has 4 heteroatoms. The highest BCUT2D eigenvalue weighted by molar-refractivity contribution is 5.19. The summed E-state index contributed by atoms with van der Waals surface area (Å²) in [6.07, 6.45) is 0.907. The van der Waals surface area contributed by atoms with E-state index in [-0.39, 0.29) is 17.5 Å². The van der Waals surface area contributed by atoms with Gasteiger partial charge in [0, 0.05) is 25.7 Å². The number of nitrogens with one attached hydrogen (secondary N) is 1. The van der Waals surface area contributed by atoms with Crippen molar-refractivity contribution in [3.63, 3.8) is 0 Å². The van der Waals surface area contributed by atoms with Gasteiger partial charge in [0.05, 0.1) is 6.10 Å². The number of nitrogens with two attached hydrogens (primary N) is 1. The maximum absolute atomic E-state index is 12.8. The third-order valence-corrected chi connectivity index (χ3v) is 3.18. The van der Waals surface area contributed by atoms with Crippen LogP contribution in [0.3, 0.4) is 0 Å². The summed E-state index contributed by atoms with van der Waals surface area (Å²) in [6, 6.07) is 6.55. The molecule has 1 rings (SSSR count). The summed E-state index contributed by atoms with van der Waals surface area (Å²) in [5, 5.41) is 3.42. The van der Waals surface area contributed by atoms with Crippen molar-refractivity contribution in [3.05, 3.63) is 35.6 Å². The Morgan fingerprint density at radius 1 is 1.39 bits per heavy atom. The summed E-state index contributed by atoms with van der Waals surface area (Å²) >= 11 is 0. The van der Waals surface area contributed by atoms with E-state index in [9.17, 15) is 4.39 Å². The zero-order valence-corrected chi connectivity index (χ0v) is 11.4. The number of hydrogen-bond donors (Lipinski definition) is 2. The highest BCUT2D eigenvalue weighted by Gasteiger charge is 2.22. The van der Waals surface area contributed by atoms with Crippen LogP contribution in [0.25, 0.3) is 0 Å². The van der Waals surface area contributed by atoms with Crippen LogP contribution in [0.4, 0.5) is 4.39 Å². The van der Waals surface area contributed by atoms with Crippen molar-refractivity contribution < 1.29 is 9.13 Å². The zero-order chi connectivity index (χ0) is 13.6. The predicted octanol–water partition coefficient (Wildman–Crippen LogP) is 1.71. The van der Waals surface area contributed by atoms with Crippen LogP contribution in [0.1, 0.15) is 19.4 Å². The molecule has 0 fully saturated rings. The fourth-order valence-electron chi connectivity index (χ4n) is 1.73. The average molecular weight is 254 g/mol. The summed E-state index contributed by atoms with van der Waals surface area (Å²) in [5.74, 6) is -0.214. The van der Waals surface area contributed by atoms with Gasteiger partial charge in [0.2, 0.25) is 0 Å². The van der Waals surface area contributed by atoms with E-state index in [0.29, 0.717) is 6.54 Å². The predicted molar refractivity (Wildman–Crippen MR) is 72.0 cm³/mol. The Balaban J connectivity index is 2.61. The standard InChI is InChI=1S/C14H23FN2O/c1-11(18-3)9-17-14(2,10-16)8-12-4-6-13(15)7-5-12/h4-7,11,17H,8-10,16H2,1-3H3. The lowest BCUT2D eigenvalue weighted by Gasteiger charge is -2.31. The van der Waals surface area contributed by atoms with Crippen LogP contribution >= 0.6 is 0 Å². The van der Waals surface area contributed by atoms with Crippen molar-refractivity contribution in [2.45, 2.75) is 31.9 Å². The van der Waals surface area contributed by atoms with Crippen LogP contribution in [0.15, 0.2) is 24.3 Å². The zero-order valence-electron chi connectivity index (χ0n) is 11.4. The molecule has 0 aliphatic carbocycles. The van der Waals surface area contributed by atoms with Crippen molar-refractivity contribution in [1.82, 2.24) is 5.32 Å². The van der Waals surface area contributed by atoms with Gasteiger partial charge in [-0.25, -0.2) is 4.39 Å². The summed E-state index contributed by atoms with van der Waals surface area (Å²) in [5.41, 5.74) is 6.70. The third kappa shape index (κ3) is 4.72. The van der Waals surface area contributed by atoms with Gasteiger partial charge in [-0.1, -0.05) is 12.1 Å². The molecule has 0 amide bonds. The van der Waals surface area contributed by atoms with Crippen LogP contribution in [0.2, 0.25) is 0 Å².